The van der Waals surface area contributed by atoms with Crippen molar-refractivity contribution in [2.24, 2.45) is 0 Å². The Morgan fingerprint density at radius 2 is 2.04 bits per heavy atom. The first kappa shape index (κ1) is 19.9. The standard InChI is InChI=1S/C19H20F3N3O3/c1-2-8-24(11-16(26)27)18(28)15-10-23-25(17(15)12-6-7-12)14-5-3-4-13(9-14)19(20,21)22/h3-5,9-10,12H,2,6-8,11H2,1H3,(H,26,27). The van der Waals surface area contributed by atoms with Gasteiger partial charge in [-0.25, -0.2) is 4.68 Å². The Hall–Kier alpha value is -2.84. The lowest BCUT2D eigenvalue weighted by Gasteiger charge is -2.20. The predicted octanol–water partition coefficient (Wildman–Crippen LogP) is 3.71. The average Bonchev–Trinajstić information content (AvgIpc) is 3.38. The number of carbonyl (C=O) groups excluding carboxylic acids is 1. The SMILES string of the molecule is CCCN(CC(=O)O)C(=O)c1cnn(-c2cccc(C(F)(F)F)c2)c1C1CC1. The zero-order chi connectivity index (χ0) is 20.5. The van der Waals surface area contributed by atoms with Crippen LogP contribution in [-0.4, -0.2) is 44.8 Å². The summed E-state index contributed by atoms with van der Waals surface area (Å²) in [7, 11) is 0. The van der Waals surface area contributed by atoms with Gasteiger partial charge in [-0.2, -0.15) is 18.3 Å². The molecule has 1 fully saturated rings. The zero-order valence-electron chi connectivity index (χ0n) is 15.2. The van der Waals surface area contributed by atoms with E-state index in [-0.39, 0.29) is 23.7 Å². The maximum absolute atomic E-state index is 13.1. The quantitative estimate of drug-likeness (QED) is 0.776. The molecule has 0 aliphatic heterocycles. The third kappa shape index (κ3) is 4.18. The molecule has 1 saturated carbocycles. The molecule has 0 atom stereocenters. The molecule has 6 nitrogen and oxygen atoms in total. The van der Waals surface area contributed by atoms with E-state index in [9.17, 15) is 22.8 Å². The molecule has 0 radical (unpaired) electrons. The fourth-order valence-electron chi connectivity index (χ4n) is 3.15. The Kier molecular flexibility index (Phi) is 5.44. The topological polar surface area (TPSA) is 75.4 Å². The lowest BCUT2D eigenvalue weighted by atomic mass is 10.1. The van der Waals surface area contributed by atoms with Crippen molar-refractivity contribution >= 4 is 11.9 Å². The number of aromatic nitrogens is 2. The Labute approximate surface area is 159 Å². The number of alkyl halides is 3. The van der Waals surface area contributed by atoms with Gasteiger partial charge < -0.3 is 10.0 Å². The van der Waals surface area contributed by atoms with E-state index >= 15 is 0 Å². The van der Waals surface area contributed by atoms with E-state index in [1.165, 1.54) is 27.9 Å². The van der Waals surface area contributed by atoms with Crippen LogP contribution >= 0.6 is 0 Å². The van der Waals surface area contributed by atoms with Gasteiger partial charge in [0.2, 0.25) is 0 Å². The van der Waals surface area contributed by atoms with Crippen LogP contribution in [0.2, 0.25) is 0 Å². The first-order chi connectivity index (χ1) is 13.2. The zero-order valence-corrected chi connectivity index (χ0v) is 15.2. The maximum Gasteiger partial charge on any atom is 0.416 e. The van der Waals surface area contributed by atoms with E-state index in [1.54, 1.807) is 0 Å². The minimum Gasteiger partial charge on any atom is -0.480 e. The molecule has 2 aromatic rings. The van der Waals surface area contributed by atoms with Crippen molar-refractivity contribution in [1.82, 2.24) is 14.7 Å². The summed E-state index contributed by atoms with van der Waals surface area (Å²) >= 11 is 0. The summed E-state index contributed by atoms with van der Waals surface area (Å²) in [5.74, 6) is -1.58. The van der Waals surface area contributed by atoms with Crippen LogP contribution in [0.4, 0.5) is 13.2 Å². The van der Waals surface area contributed by atoms with E-state index in [4.69, 9.17) is 5.11 Å². The highest BCUT2D eigenvalue weighted by atomic mass is 19.4. The third-order valence-electron chi connectivity index (χ3n) is 4.53. The van der Waals surface area contributed by atoms with Gasteiger partial charge in [-0.05, 0) is 37.5 Å². The second-order valence-corrected chi connectivity index (χ2v) is 6.80. The molecule has 0 saturated heterocycles. The molecule has 3 rings (SSSR count). The molecule has 0 unspecified atom stereocenters. The van der Waals surface area contributed by atoms with Crippen molar-refractivity contribution < 1.29 is 27.9 Å². The van der Waals surface area contributed by atoms with E-state index in [0.717, 1.165) is 25.0 Å². The van der Waals surface area contributed by atoms with Crippen LogP contribution < -0.4 is 0 Å². The van der Waals surface area contributed by atoms with Crippen molar-refractivity contribution in [3.63, 3.8) is 0 Å². The molecule has 0 bridgehead atoms. The highest BCUT2D eigenvalue weighted by Crippen LogP contribution is 2.43. The molecule has 1 aliphatic rings. The molecule has 1 N–H and O–H groups in total. The number of nitrogens with zero attached hydrogens (tertiary/aromatic N) is 3. The highest BCUT2D eigenvalue weighted by molar-refractivity contribution is 5.97. The number of benzene rings is 1. The van der Waals surface area contributed by atoms with Gasteiger partial charge in [0.1, 0.15) is 6.54 Å². The van der Waals surface area contributed by atoms with Crippen LogP contribution in [0.15, 0.2) is 30.5 Å². The number of carboxylic acids is 1. The molecule has 150 valence electrons. The number of halogens is 3. The van der Waals surface area contributed by atoms with E-state index in [0.29, 0.717) is 12.1 Å². The number of amides is 1. The summed E-state index contributed by atoms with van der Waals surface area (Å²) < 4.78 is 40.5. The molecule has 1 heterocycles. The summed E-state index contributed by atoms with van der Waals surface area (Å²) in [5, 5.41) is 13.2. The summed E-state index contributed by atoms with van der Waals surface area (Å²) in [6.45, 7) is 1.66. The lowest BCUT2D eigenvalue weighted by molar-refractivity contribution is -0.138. The van der Waals surface area contributed by atoms with Crippen molar-refractivity contribution in [2.45, 2.75) is 38.3 Å². The minimum absolute atomic E-state index is 0.0179. The smallest absolute Gasteiger partial charge is 0.416 e. The summed E-state index contributed by atoms with van der Waals surface area (Å²) in [5.41, 5.74) is 0.204. The van der Waals surface area contributed by atoms with E-state index in [1.807, 2.05) is 6.92 Å². The monoisotopic (exact) mass is 395 g/mol. The second kappa shape index (κ2) is 7.65. The van der Waals surface area contributed by atoms with E-state index in [2.05, 4.69) is 5.10 Å². The first-order valence-electron chi connectivity index (χ1n) is 8.99. The number of hydrogen-bond donors (Lipinski definition) is 1. The van der Waals surface area contributed by atoms with Gasteiger partial charge in [-0.1, -0.05) is 13.0 Å². The second-order valence-electron chi connectivity index (χ2n) is 6.80. The van der Waals surface area contributed by atoms with E-state index < -0.39 is 30.2 Å². The Bertz CT molecular complexity index is 888. The Morgan fingerprint density at radius 3 is 2.61 bits per heavy atom. The van der Waals surface area contributed by atoms with Gasteiger partial charge in [0, 0.05) is 12.5 Å². The fraction of sp³-hybridized carbons (Fsp3) is 0.421. The third-order valence-corrected chi connectivity index (χ3v) is 4.53. The van der Waals surface area contributed by atoms with Gasteiger partial charge in [0.05, 0.1) is 28.7 Å². The first-order valence-corrected chi connectivity index (χ1v) is 8.99. The molecule has 1 amide bonds. The van der Waals surface area contributed by atoms with Gasteiger partial charge in [-0.3, -0.25) is 9.59 Å². The van der Waals surface area contributed by atoms with Gasteiger partial charge in [0.15, 0.2) is 0 Å². The van der Waals surface area contributed by atoms with Crippen LogP contribution in [-0.2, 0) is 11.0 Å². The number of aliphatic carboxylic acids is 1. The molecule has 28 heavy (non-hydrogen) atoms. The average molecular weight is 395 g/mol. The molecular weight excluding hydrogens is 375 g/mol. The Morgan fingerprint density at radius 1 is 1.32 bits per heavy atom. The molecule has 0 spiro atoms. The number of carbonyl (C=O) groups is 2. The lowest BCUT2D eigenvalue weighted by Crippen LogP contribution is -2.36. The van der Waals surface area contributed by atoms with Gasteiger partial charge in [-0.15, -0.1) is 0 Å². The summed E-state index contributed by atoms with van der Waals surface area (Å²) in [6.07, 6.45) is -0.976. The molecule has 1 aromatic carbocycles. The number of rotatable bonds is 7. The maximum atomic E-state index is 13.1. The molecule has 1 aromatic heterocycles. The largest absolute Gasteiger partial charge is 0.480 e. The van der Waals surface area contributed by atoms with Crippen LogP contribution in [0.1, 0.15) is 53.7 Å². The number of hydrogen-bond acceptors (Lipinski definition) is 3. The van der Waals surface area contributed by atoms with Gasteiger partial charge in [0.25, 0.3) is 5.91 Å². The van der Waals surface area contributed by atoms with Crippen LogP contribution in [0, 0.1) is 0 Å². The van der Waals surface area contributed by atoms with Crippen LogP contribution in [0.5, 0.6) is 0 Å². The number of carboxylic acid groups (broad SMARTS) is 1. The van der Waals surface area contributed by atoms with Crippen LogP contribution in [0.3, 0.4) is 0 Å². The van der Waals surface area contributed by atoms with Crippen molar-refractivity contribution in [1.29, 1.82) is 0 Å². The van der Waals surface area contributed by atoms with Crippen molar-refractivity contribution in [2.75, 3.05) is 13.1 Å². The summed E-state index contributed by atoms with van der Waals surface area (Å²) in [4.78, 5) is 25.2. The summed E-state index contributed by atoms with van der Waals surface area (Å²) in [6, 6.07) is 4.77. The molecule has 9 heteroatoms. The van der Waals surface area contributed by atoms with Crippen molar-refractivity contribution in [3.05, 3.63) is 47.3 Å². The molecular formula is C19H20F3N3O3. The van der Waals surface area contributed by atoms with Crippen molar-refractivity contribution in [3.8, 4) is 5.69 Å². The molecule has 1 aliphatic carbocycles. The Balaban J connectivity index is 2.01. The highest BCUT2D eigenvalue weighted by Gasteiger charge is 2.35. The fourth-order valence-corrected chi connectivity index (χ4v) is 3.15. The van der Waals surface area contributed by atoms with Gasteiger partial charge >= 0.3 is 12.1 Å². The van der Waals surface area contributed by atoms with Crippen LogP contribution in [0.25, 0.3) is 5.69 Å². The normalized spacial score (nSPS) is 14.1. The minimum atomic E-state index is -4.49. The predicted molar refractivity (Wildman–Crippen MR) is 94.4 cm³/mol.